The SMILES string of the molecule is CC(=O)NCCNC1(c2ccc(C(N)=O)c(C3=CCCCC3)c2)CCOCC1. The minimum absolute atomic E-state index is 0.0276. The fourth-order valence-corrected chi connectivity index (χ4v) is 4.23. The molecule has 3 rings (SSSR count). The molecule has 1 saturated heterocycles. The van der Waals surface area contributed by atoms with Crippen molar-refractivity contribution in [3.05, 3.63) is 41.0 Å². The number of ether oxygens (including phenoxy) is 1. The standard InChI is InChI=1S/C22H31N3O3/c1-16(26)24-11-12-25-22(9-13-28-14-10-22)18-7-8-19(21(23)27)20(15-18)17-5-3-2-4-6-17/h5,7-8,15,25H,2-4,6,9-14H2,1H3,(H2,23,27)(H,24,26). The summed E-state index contributed by atoms with van der Waals surface area (Å²) in [5, 5.41) is 6.49. The zero-order valence-corrected chi connectivity index (χ0v) is 16.7. The third kappa shape index (κ3) is 4.80. The monoisotopic (exact) mass is 385 g/mol. The molecule has 28 heavy (non-hydrogen) atoms. The van der Waals surface area contributed by atoms with Crippen LogP contribution in [-0.2, 0) is 15.1 Å². The van der Waals surface area contributed by atoms with E-state index in [-0.39, 0.29) is 17.4 Å². The second kappa shape index (κ2) is 9.34. The van der Waals surface area contributed by atoms with Gasteiger partial charge in [-0.1, -0.05) is 12.1 Å². The molecule has 0 aromatic heterocycles. The summed E-state index contributed by atoms with van der Waals surface area (Å²) in [6.07, 6.45) is 8.31. The van der Waals surface area contributed by atoms with Gasteiger partial charge in [0.1, 0.15) is 0 Å². The number of amides is 2. The summed E-state index contributed by atoms with van der Waals surface area (Å²) in [5.74, 6) is -0.409. The minimum atomic E-state index is -0.382. The highest BCUT2D eigenvalue weighted by molar-refractivity contribution is 5.98. The molecule has 0 spiro atoms. The number of nitrogens with one attached hydrogen (secondary N) is 2. The number of carbonyl (C=O) groups excluding carboxylic acids is 2. The summed E-state index contributed by atoms with van der Waals surface area (Å²) >= 11 is 0. The Labute approximate surface area is 166 Å². The Balaban J connectivity index is 1.92. The zero-order chi connectivity index (χ0) is 20.0. The Morgan fingerprint density at radius 3 is 2.61 bits per heavy atom. The smallest absolute Gasteiger partial charge is 0.249 e. The van der Waals surface area contributed by atoms with Gasteiger partial charge in [-0.25, -0.2) is 0 Å². The van der Waals surface area contributed by atoms with Crippen molar-refractivity contribution < 1.29 is 14.3 Å². The maximum atomic E-state index is 12.0. The van der Waals surface area contributed by atoms with Gasteiger partial charge < -0.3 is 21.1 Å². The number of rotatable bonds is 7. The predicted octanol–water partition coefficient (Wildman–Crippen LogP) is 2.47. The summed E-state index contributed by atoms with van der Waals surface area (Å²) < 4.78 is 5.60. The average Bonchev–Trinajstić information content (AvgIpc) is 2.72. The molecule has 0 unspecified atom stereocenters. The van der Waals surface area contributed by atoms with Gasteiger partial charge in [-0.05, 0) is 67.4 Å². The van der Waals surface area contributed by atoms with Crippen molar-refractivity contribution in [2.24, 2.45) is 5.73 Å². The Morgan fingerprint density at radius 1 is 1.18 bits per heavy atom. The third-order valence-corrected chi connectivity index (χ3v) is 5.78. The maximum Gasteiger partial charge on any atom is 0.249 e. The van der Waals surface area contributed by atoms with Crippen molar-refractivity contribution >= 4 is 17.4 Å². The Hall–Kier alpha value is -2.18. The molecular weight excluding hydrogens is 354 g/mol. The van der Waals surface area contributed by atoms with Crippen LogP contribution in [0.25, 0.3) is 5.57 Å². The number of benzene rings is 1. The average molecular weight is 386 g/mol. The van der Waals surface area contributed by atoms with Crippen LogP contribution in [0, 0.1) is 0 Å². The topological polar surface area (TPSA) is 93.5 Å². The fraction of sp³-hybridized carbons (Fsp3) is 0.545. The highest BCUT2D eigenvalue weighted by Crippen LogP contribution is 2.36. The van der Waals surface area contributed by atoms with E-state index >= 15 is 0 Å². The minimum Gasteiger partial charge on any atom is -0.381 e. The van der Waals surface area contributed by atoms with Crippen molar-refractivity contribution in [1.82, 2.24) is 10.6 Å². The molecule has 152 valence electrons. The van der Waals surface area contributed by atoms with E-state index < -0.39 is 0 Å². The largest absolute Gasteiger partial charge is 0.381 e. The Kier molecular flexibility index (Phi) is 6.86. The molecular formula is C22H31N3O3. The zero-order valence-electron chi connectivity index (χ0n) is 16.7. The van der Waals surface area contributed by atoms with E-state index in [1.807, 2.05) is 12.1 Å². The van der Waals surface area contributed by atoms with Gasteiger partial charge in [-0.3, -0.25) is 9.59 Å². The Bertz CT molecular complexity index is 751. The molecule has 0 bridgehead atoms. The van der Waals surface area contributed by atoms with Crippen LogP contribution >= 0.6 is 0 Å². The van der Waals surface area contributed by atoms with Gasteiger partial charge in [0.2, 0.25) is 11.8 Å². The van der Waals surface area contributed by atoms with Crippen LogP contribution in [-0.4, -0.2) is 38.1 Å². The molecule has 1 heterocycles. The lowest BCUT2D eigenvalue weighted by atomic mass is 9.79. The van der Waals surface area contributed by atoms with Crippen molar-refractivity contribution in [3.8, 4) is 0 Å². The Morgan fingerprint density at radius 2 is 1.96 bits per heavy atom. The first-order valence-electron chi connectivity index (χ1n) is 10.2. The summed E-state index contributed by atoms with van der Waals surface area (Å²) in [4.78, 5) is 23.2. The van der Waals surface area contributed by atoms with Crippen LogP contribution in [0.4, 0.5) is 0 Å². The van der Waals surface area contributed by atoms with E-state index in [1.165, 1.54) is 18.9 Å². The number of primary amides is 1. The van der Waals surface area contributed by atoms with Gasteiger partial charge >= 0.3 is 0 Å². The second-order valence-corrected chi connectivity index (χ2v) is 7.70. The van der Waals surface area contributed by atoms with E-state index in [1.54, 1.807) is 0 Å². The maximum absolute atomic E-state index is 12.0. The molecule has 1 fully saturated rings. The van der Waals surface area contributed by atoms with E-state index in [2.05, 4.69) is 22.8 Å². The van der Waals surface area contributed by atoms with Crippen molar-refractivity contribution in [2.45, 2.75) is 51.0 Å². The lowest BCUT2D eigenvalue weighted by Gasteiger charge is -2.39. The molecule has 1 aliphatic heterocycles. The van der Waals surface area contributed by atoms with E-state index in [0.29, 0.717) is 31.9 Å². The number of carbonyl (C=O) groups is 2. The quantitative estimate of drug-likeness (QED) is 0.629. The number of allylic oxidation sites excluding steroid dienone is 2. The van der Waals surface area contributed by atoms with Crippen molar-refractivity contribution in [2.75, 3.05) is 26.3 Å². The molecule has 2 amide bonds. The molecule has 6 heteroatoms. The predicted molar refractivity (Wildman–Crippen MR) is 110 cm³/mol. The van der Waals surface area contributed by atoms with Gasteiger partial charge in [-0.15, -0.1) is 0 Å². The van der Waals surface area contributed by atoms with Gasteiger partial charge in [0, 0.05) is 44.3 Å². The molecule has 4 N–H and O–H groups in total. The first kappa shape index (κ1) is 20.6. The lowest BCUT2D eigenvalue weighted by Crippen LogP contribution is -2.49. The molecule has 2 aliphatic rings. The van der Waals surface area contributed by atoms with Crippen LogP contribution < -0.4 is 16.4 Å². The highest BCUT2D eigenvalue weighted by Gasteiger charge is 2.34. The van der Waals surface area contributed by atoms with Crippen LogP contribution in [0.5, 0.6) is 0 Å². The van der Waals surface area contributed by atoms with E-state index in [9.17, 15) is 9.59 Å². The van der Waals surface area contributed by atoms with Crippen molar-refractivity contribution in [3.63, 3.8) is 0 Å². The lowest BCUT2D eigenvalue weighted by molar-refractivity contribution is -0.118. The van der Waals surface area contributed by atoms with Gasteiger partial charge in [0.25, 0.3) is 0 Å². The molecule has 1 aliphatic carbocycles. The number of hydrogen-bond donors (Lipinski definition) is 3. The van der Waals surface area contributed by atoms with Gasteiger partial charge in [-0.2, -0.15) is 0 Å². The summed E-state index contributed by atoms with van der Waals surface area (Å²) in [6.45, 7) is 4.15. The van der Waals surface area contributed by atoms with E-state index in [0.717, 1.165) is 43.2 Å². The van der Waals surface area contributed by atoms with Crippen LogP contribution in [0.15, 0.2) is 24.3 Å². The summed E-state index contributed by atoms with van der Waals surface area (Å²) in [5.41, 5.74) is 9.39. The molecule has 0 atom stereocenters. The van der Waals surface area contributed by atoms with Crippen LogP contribution in [0.1, 0.15) is 66.9 Å². The summed E-state index contributed by atoms with van der Waals surface area (Å²) in [7, 11) is 0. The normalized spacial score (nSPS) is 19.0. The highest BCUT2D eigenvalue weighted by atomic mass is 16.5. The van der Waals surface area contributed by atoms with E-state index in [4.69, 9.17) is 10.5 Å². The fourth-order valence-electron chi connectivity index (χ4n) is 4.23. The molecule has 0 saturated carbocycles. The number of hydrogen-bond acceptors (Lipinski definition) is 4. The second-order valence-electron chi connectivity index (χ2n) is 7.70. The van der Waals surface area contributed by atoms with Gasteiger partial charge in [0.15, 0.2) is 0 Å². The number of nitrogens with two attached hydrogens (primary N) is 1. The van der Waals surface area contributed by atoms with Gasteiger partial charge in [0.05, 0.1) is 0 Å². The molecule has 1 aromatic carbocycles. The first-order valence-corrected chi connectivity index (χ1v) is 10.2. The molecule has 0 radical (unpaired) electrons. The third-order valence-electron chi connectivity index (χ3n) is 5.78. The van der Waals surface area contributed by atoms with Crippen LogP contribution in [0.2, 0.25) is 0 Å². The first-order chi connectivity index (χ1) is 13.5. The van der Waals surface area contributed by atoms with Crippen LogP contribution in [0.3, 0.4) is 0 Å². The molecule has 6 nitrogen and oxygen atoms in total. The molecule has 1 aromatic rings. The summed E-state index contributed by atoms with van der Waals surface area (Å²) in [6, 6.07) is 6.03. The van der Waals surface area contributed by atoms with Crippen molar-refractivity contribution in [1.29, 1.82) is 0 Å².